The number of ether oxygens (including phenoxy) is 1. The average molecular weight is 297 g/mol. The van der Waals surface area contributed by atoms with Gasteiger partial charge in [-0.05, 0) is 26.7 Å². The second kappa shape index (κ2) is 6.21. The number of likely N-dealkylation sites (tertiary alicyclic amines) is 1. The molecule has 2 rings (SSSR count). The van der Waals surface area contributed by atoms with E-state index in [9.17, 15) is 9.59 Å². The number of esters is 1. The fourth-order valence-corrected chi connectivity index (χ4v) is 3.17. The minimum atomic E-state index is -0.397. The molecule has 0 radical (unpaired) electrons. The van der Waals surface area contributed by atoms with Crippen molar-refractivity contribution in [2.45, 2.75) is 32.7 Å². The lowest BCUT2D eigenvalue weighted by atomic mass is 10.3. The van der Waals surface area contributed by atoms with E-state index in [4.69, 9.17) is 4.74 Å². The van der Waals surface area contributed by atoms with Crippen LogP contribution in [0.5, 0.6) is 0 Å². The summed E-state index contributed by atoms with van der Waals surface area (Å²) in [4.78, 5) is 30.3. The highest BCUT2D eigenvalue weighted by Gasteiger charge is 2.24. The van der Waals surface area contributed by atoms with E-state index in [0.717, 1.165) is 25.9 Å². The second-order valence-electron chi connectivity index (χ2n) is 4.82. The molecule has 7 heteroatoms. The summed E-state index contributed by atoms with van der Waals surface area (Å²) >= 11 is 1.21. The molecule has 6 nitrogen and oxygen atoms in total. The predicted octanol–water partition coefficient (Wildman–Crippen LogP) is 1.66. The first-order valence-electron chi connectivity index (χ1n) is 6.64. The van der Waals surface area contributed by atoms with Crippen LogP contribution in [-0.4, -0.2) is 48.0 Å². The number of rotatable bonds is 4. The van der Waals surface area contributed by atoms with Crippen molar-refractivity contribution < 1.29 is 14.3 Å². The Labute approximate surface area is 122 Å². The highest BCUT2D eigenvalue weighted by Crippen LogP contribution is 2.24. The number of nitrogens with one attached hydrogen (secondary N) is 1. The number of thiazole rings is 1. The van der Waals surface area contributed by atoms with Crippen LogP contribution in [0.25, 0.3) is 0 Å². The first-order valence-corrected chi connectivity index (χ1v) is 7.45. The number of aromatic nitrogens is 1. The smallest absolute Gasteiger partial charge is 0.350 e. The van der Waals surface area contributed by atoms with Gasteiger partial charge in [-0.3, -0.25) is 4.79 Å². The molecule has 1 aromatic heterocycles. The van der Waals surface area contributed by atoms with Crippen LogP contribution in [0.4, 0.5) is 5.13 Å². The van der Waals surface area contributed by atoms with Crippen molar-refractivity contribution >= 4 is 28.3 Å². The number of nitrogens with zero attached hydrogens (tertiary/aromatic N) is 2. The normalized spacial score (nSPS) is 16.1. The first kappa shape index (κ1) is 14.8. The molecule has 2 heterocycles. The molecule has 1 fully saturated rings. The maximum atomic E-state index is 12.2. The maximum absolute atomic E-state index is 12.2. The number of methoxy groups -OCH3 is 1. The van der Waals surface area contributed by atoms with Gasteiger partial charge in [-0.1, -0.05) is 11.3 Å². The van der Waals surface area contributed by atoms with E-state index in [-0.39, 0.29) is 11.9 Å². The van der Waals surface area contributed by atoms with Crippen LogP contribution < -0.4 is 5.32 Å². The van der Waals surface area contributed by atoms with Crippen LogP contribution in [0.2, 0.25) is 0 Å². The summed E-state index contributed by atoms with van der Waals surface area (Å²) < 4.78 is 4.69. The van der Waals surface area contributed by atoms with Crippen molar-refractivity contribution in [1.82, 2.24) is 9.88 Å². The van der Waals surface area contributed by atoms with Gasteiger partial charge >= 0.3 is 5.97 Å². The Bertz CT molecular complexity index is 509. The van der Waals surface area contributed by atoms with Crippen molar-refractivity contribution in [3.63, 3.8) is 0 Å². The molecular weight excluding hydrogens is 278 g/mol. The number of anilines is 1. The molecule has 1 amide bonds. The molecule has 0 spiro atoms. The Balaban J connectivity index is 2.02. The number of hydrogen-bond acceptors (Lipinski definition) is 6. The average Bonchev–Trinajstić information content (AvgIpc) is 3.06. The van der Waals surface area contributed by atoms with E-state index in [0.29, 0.717) is 15.7 Å². The van der Waals surface area contributed by atoms with Gasteiger partial charge in [0, 0.05) is 13.1 Å². The second-order valence-corrected chi connectivity index (χ2v) is 5.82. The standard InChI is InChI=1S/C13H19N3O3S/c1-8-10(12(18)19-3)20-13(14-8)15-9(2)11(17)16-6-4-5-7-16/h9H,4-7H2,1-3H3,(H,14,15). The Morgan fingerprint density at radius 2 is 2.05 bits per heavy atom. The molecule has 0 bridgehead atoms. The first-order chi connectivity index (χ1) is 9.52. The summed E-state index contributed by atoms with van der Waals surface area (Å²) in [6, 6.07) is -0.343. The van der Waals surface area contributed by atoms with E-state index in [1.165, 1.54) is 18.4 Å². The van der Waals surface area contributed by atoms with Gasteiger partial charge in [-0.15, -0.1) is 0 Å². The Kier molecular flexibility index (Phi) is 4.59. The SMILES string of the molecule is COC(=O)c1sc(NC(C)C(=O)N2CCCC2)nc1C. The van der Waals surface area contributed by atoms with Gasteiger partial charge in [0.2, 0.25) is 5.91 Å². The third-order valence-electron chi connectivity index (χ3n) is 3.30. The largest absolute Gasteiger partial charge is 0.465 e. The molecule has 20 heavy (non-hydrogen) atoms. The molecule has 1 atom stereocenters. The monoisotopic (exact) mass is 297 g/mol. The molecule has 1 aliphatic heterocycles. The summed E-state index contributed by atoms with van der Waals surface area (Å²) in [5.41, 5.74) is 0.616. The number of carbonyl (C=O) groups excluding carboxylic acids is 2. The fourth-order valence-electron chi connectivity index (χ4n) is 2.20. The molecule has 0 saturated carbocycles. The van der Waals surface area contributed by atoms with Gasteiger partial charge in [-0.2, -0.15) is 0 Å². The number of carbonyl (C=O) groups is 2. The van der Waals surface area contributed by atoms with Crippen molar-refractivity contribution in [2.24, 2.45) is 0 Å². The molecule has 1 N–H and O–H groups in total. The van der Waals surface area contributed by atoms with Crippen molar-refractivity contribution in [3.8, 4) is 0 Å². The molecule has 1 aliphatic rings. The van der Waals surface area contributed by atoms with Crippen LogP contribution in [0.3, 0.4) is 0 Å². The lowest BCUT2D eigenvalue weighted by molar-refractivity contribution is -0.130. The molecule has 0 aromatic carbocycles. The van der Waals surface area contributed by atoms with E-state index in [2.05, 4.69) is 10.3 Å². The molecule has 0 aliphatic carbocycles. The quantitative estimate of drug-likeness (QED) is 0.856. The van der Waals surface area contributed by atoms with Gasteiger partial charge in [0.1, 0.15) is 10.9 Å². The van der Waals surface area contributed by atoms with Crippen molar-refractivity contribution in [3.05, 3.63) is 10.6 Å². The minimum absolute atomic E-state index is 0.0787. The Morgan fingerprint density at radius 3 is 2.65 bits per heavy atom. The van der Waals surface area contributed by atoms with Crippen LogP contribution in [0, 0.1) is 6.92 Å². The summed E-state index contributed by atoms with van der Waals surface area (Å²) in [6.45, 7) is 5.22. The molecule has 1 saturated heterocycles. The van der Waals surface area contributed by atoms with Gasteiger partial charge < -0.3 is 15.0 Å². The van der Waals surface area contributed by atoms with Crippen LogP contribution >= 0.6 is 11.3 Å². The van der Waals surface area contributed by atoms with Crippen LogP contribution in [0.1, 0.15) is 35.1 Å². The molecular formula is C13H19N3O3S. The summed E-state index contributed by atoms with van der Waals surface area (Å²) in [6.07, 6.45) is 2.14. The van der Waals surface area contributed by atoms with Crippen molar-refractivity contribution in [1.29, 1.82) is 0 Å². The zero-order chi connectivity index (χ0) is 14.7. The Hall–Kier alpha value is -1.63. The van der Waals surface area contributed by atoms with Crippen LogP contribution in [0.15, 0.2) is 0 Å². The lowest BCUT2D eigenvalue weighted by Crippen LogP contribution is -2.39. The van der Waals surface area contributed by atoms with E-state index in [1.54, 1.807) is 6.92 Å². The van der Waals surface area contributed by atoms with E-state index in [1.807, 2.05) is 11.8 Å². The highest BCUT2D eigenvalue weighted by molar-refractivity contribution is 7.17. The van der Waals surface area contributed by atoms with E-state index >= 15 is 0 Å². The van der Waals surface area contributed by atoms with Gasteiger partial charge in [0.05, 0.1) is 12.8 Å². The minimum Gasteiger partial charge on any atom is -0.465 e. The molecule has 1 unspecified atom stereocenters. The van der Waals surface area contributed by atoms with E-state index < -0.39 is 5.97 Å². The lowest BCUT2D eigenvalue weighted by Gasteiger charge is -2.20. The fraction of sp³-hybridized carbons (Fsp3) is 0.615. The summed E-state index contributed by atoms with van der Waals surface area (Å²) in [5.74, 6) is -0.318. The van der Waals surface area contributed by atoms with Gasteiger partial charge in [-0.25, -0.2) is 9.78 Å². The van der Waals surface area contributed by atoms with Gasteiger partial charge in [0.25, 0.3) is 0 Å². The Morgan fingerprint density at radius 1 is 1.40 bits per heavy atom. The summed E-state index contributed by atoms with van der Waals surface area (Å²) in [5, 5.41) is 3.64. The zero-order valence-electron chi connectivity index (χ0n) is 11.9. The van der Waals surface area contributed by atoms with Gasteiger partial charge in [0.15, 0.2) is 5.13 Å². The number of hydrogen-bond donors (Lipinski definition) is 1. The third kappa shape index (κ3) is 3.09. The third-order valence-corrected chi connectivity index (χ3v) is 4.36. The number of amides is 1. The van der Waals surface area contributed by atoms with Crippen LogP contribution in [-0.2, 0) is 9.53 Å². The molecule has 1 aromatic rings. The van der Waals surface area contributed by atoms with Crippen molar-refractivity contribution in [2.75, 3.05) is 25.5 Å². The highest BCUT2D eigenvalue weighted by atomic mass is 32.1. The topological polar surface area (TPSA) is 71.5 Å². The predicted molar refractivity (Wildman–Crippen MR) is 77.1 cm³/mol. The maximum Gasteiger partial charge on any atom is 0.350 e. The number of aryl methyl sites for hydroxylation is 1. The molecule has 110 valence electrons. The summed E-state index contributed by atoms with van der Waals surface area (Å²) in [7, 11) is 1.34. The zero-order valence-corrected chi connectivity index (χ0v) is 12.7.